The van der Waals surface area contributed by atoms with Gasteiger partial charge in [0.2, 0.25) is 10.0 Å². The van der Waals surface area contributed by atoms with E-state index in [9.17, 15) is 41.1 Å². The number of hydrogen-bond acceptors (Lipinski definition) is 10. The van der Waals surface area contributed by atoms with E-state index < -0.39 is 40.1 Å². The van der Waals surface area contributed by atoms with Crippen LogP contribution >= 0.6 is 0 Å². The SMILES string of the molecule is CC(COOC(=O)C(F)(F)F)NC1=NCCN1.O=C(NCC(NS(=O)(=O)c1ccccc1)C(=O)O)c1ccccc1. The van der Waals surface area contributed by atoms with Crippen LogP contribution in [0.3, 0.4) is 0 Å². The first kappa shape index (κ1) is 33.0. The maximum atomic E-state index is 12.2. The number of hydrogen-bond donors (Lipinski definition) is 5. The number of nitrogens with zero attached hydrogens (tertiary/aromatic N) is 1. The second-order valence-electron chi connectivity index (χ2n) is 8.26. The van der Waals surface area contributed by atoms with Gasteiger partial charge < -0.3 is 21.1 Å². The number of amides is 1. The zero-order chi connectivity index (χ0) is 30.5. The summed E-state index contributed by atoms with van der Waals surface area (Å²) in [6.07, 6.45) is -5.05. The molecule has 0 saturated heterocycles. The summed E-state index contributed by atoms with van der Waals surface area (Å²) in [5.74, 6) is -3.70. The van der Waals surface area contributed by atoms with E-state index in [0.717, 1.165) is 0 Å². The summed E-state index contributed by atoms with van der Waals surface area (Å²) < 4.78 is 61.5. The molecule has 2 unspecified atom stereocenters. The van der Waals surface area contributed by atoms with E-state index in [4.69, 9.17) is 0 Å². The molecule has 0 aliphatic carbocycles. The number of carbonyl (C=O) groups is 3. The van der Waals surface area contributed by atoms with Crippen molar-refractivity contribution in [3.05, 3.63) is 66.2 Å². The molecule has 3 rings (SSSR count). The lowest BCUT2D eigenvalue weighted by Crippen LogP contribution is -2.48. The molecule has 17 heteroatoms. The van der Waals surface area contributed by atoms with Crippen molar-refractivity contribution >= 4 is 33.8 Å². The summed E-state index contributed by atoms with van der Waals surface area (Å²) in [6, 6.07) is 13.8. The Morgan fingerprint density at radius 1 is 1.07 bits per heavy atom. The molecule has 0 fully saturated rings. The van der Waals surface area contributed by atoms with Crippen LogP contribution in [-0.4, -0.2) is 81.8 Å². The average molecular weight is 604 g/mol. The highest BCUT2D eigenvalue weighted by molar-refractivity contribution is 7.89. The highest BCUT2D eigenvalue weighted by atomic mass is 32.2. The smallest absolute Gasteiger partial charge is 0.480 e. The van der Waals surface area contributed by atoms with Gasteiger partial charge in [0.1, 0.15) is 12.6 Å². The fourth-order valence-electron chi connectivity index (χ4n) is 2.93. The van der Waals surface area contributed by atoms with Gasteiger partial charge in [-0.15, -0.1) is 0 Å². The quantitative estimate of drug-likeness (QED) is 0.182. The predicted molar refractivity (Wildman–Crippen MR) is 138 cm³/mol. The molecule has 2 aromatic carbocycles. The summed E-state index contributed by atoms with van der Waals surface area (Å²) in [7, 11) is -4.00. The van der Waals surface area contributed by atoms with Gasteiger partial charge in [-0.2, -0.15) is 22.8 Å². The van der Waals surface area contributed by atoms with E-state index in [1.165, 1.54) is 24.3 Å². The molecule has 1 heterocycles. The molecule has 0 spiro atoms. The van der Waals surface area contributed by atoms with E-state index in [1.807, 2.05) is 0 Å². The Bertz CT molecular complexity index is 1300. The molecule has 224 valence electrons. The average Bonchev–Trinajstić information content (AvgIpc) is 3.44. The lowest BCUT2D eigenvalue weighted by atomic mass is 10.2. The van der Waals surface area contributed by atoms with Gasteiger partial charge in [-0.3, -0.25) is 19.5 Å². The van der Waals surface area contributed by atoms with E-state index in [2.05, 4.69) is 35.4 Å². The lowest BCUT2D eigenvalue weighted by molar-refractivity contribution is -0.302. The number of aliphatic imine (C=N–C) groups is 1. The minimum atomic E-state index is -5.05. The topological polar surface area (TPSA) is 185 Å². The number of benzene rings is 2. The molecule has 1 aliphatic rings. The van der Waals surface area contributed by atoms with Crippen LogP contribution in [-0.2, 0) is 29.4 Å². The maximum absolute atomic E-state index is 12.2. The molecule has 0 saturated carbocycles. The first-order valence-electron chi connectivity index (χ1n) is 11.9. The number of carbonyl (C=O) groups excluding carboxylic acids is 2. The van der Waals surface area contributed by atoms with Gasteiger partial charge in [-0.1, -0.05) is 36.4 Å². The van der Waals surface area contributed by atoms with Crippen LogP contribution in [0, 0.1) is 0 Å². The molecular formula is C24H28F3N5O8S. The Labute approximate surface area is 233 Å². The van der Waals surface area contributed by atoms with Crippen molar-refractivity contribution in [2.24, 2.45) is 4.99 Å². The molecule has 5 N–H and O–H groups in total. The van der Waals surface area contributed by atoms with Crippen molar-refractivity contribution in [2.45, 2.75) is 30.1 Å². The van der Waals surface area contributed by atoms with Crippen LogP contribution in [0.4, 0.5) is 13.2 Å². The summed E-state index contributed by atoms with van der Waals surface area (Å²) >= 11 is 0. The third-order valence-corrected chi connectivity index (χ3v) is 6.38. The molecule has 41 heavy (non-hydrogen) atoms. The van der Waals surface area contributed by atoms with Crippen molar-refractivity contribution < 1.29 is 50.9 Å². The number of halogens is 3. The highest BCUT2D eigenvalue weighted by Gasteiger charge is 2.42. The molecule has 2 aromatic rings. The molecule has 0 radical (unpaired) electrons. The van der Waals surface area contributed by atoms with E-state index in [1.54, 1.807) is 43.3 Å². The molecule has 13 nitrogen and oxygen atoms in total. The van der Waals surface area contributed by atoms with Gasteiger partial charge in [0.25, 0.3) is 5.91 Å². The van der Waals surface area contributed by atoms with E-state index >= 15 is 0 Å². The number of alkyl halides is 3. The Hall–Kier alpha value is -4.22. The lowest BCUT2D eigenvalue weighted by Gasteiger charge is -2.15. The van der Waals surface area contributed by atoms with Crippen LogP contribution in [0.1, 0.15) is 17.3 Å². The Morgan fingerprint density at radius 3 is 2.22 bits per heavy atom. The molecule has 0 bridgehead atoms. The third kappa shape index (κ3) is 11.8. The minimum absolute atomic E-state index is 0.0503. The van der Waals surface area contributed by atoms with Crippen LogP contribution < -0.4 is 20.7 Å². The van der Waals surface area contributed by atoms with Gasteiger partial charge in [-0.05, 0) is 31.2 Å². The third-order valence-electron chi connectivity index (χ3n) is 4.89. The fraction of sp³-hybridized carbons (Fsp3) is 0.333. The zero-order valence-electron chi connectivity index (χ0n) is 21.6. The number of guanidine groups is 1. The van der Waals surface area contributed by atoms with Gasteiger partial charge in [0.15, 0.2) is 5.96 Å². The molecular weight excluding hydrogens is 575 g/mol. The number of sulfonamides is 1. The van der Waals surface area contributed by atoms with Crippen LogP contribution in [0.2, 0.25) is 0 Å². The highest BCUT2D eigenvalue weighted by Crippen LogP contribution is 2.16. The van der Waals surface area contributed by atoms with Crippen molar-refractivity contribution in [3.63, 3.8) is 0 Å². The largest absolute Gasteiger partial charge is 0.494 e. The number of nitrogens with one attached hydrogen (secondary N) is 4. The number of carboxylic acid groups (broad SMARTS) is 1. The van der Waals surface area contributed by atoms with Gasteiger partial charge in [0, 0.05) is 18.7 Å². The maximum Gasteiger partial charge on any atom is 0.494 e. The van der Waals surface area contributed by atoms with E-state index in [-0.39, 0.29) is 24.1 Å². The zero-order valence-corrected chi connectivity index (χ0v) is 22.4. The minimum Gasteiger partial charge on any atom is -0.480 e. The van der Waals surface area contributed by atoms with Crippen LogP contribution in [0.5, 0.6) is 0 Å². The number of carboxylic acids is 1. The molecule has 2 atom stereocenters. The van der Waals surface area contributed by atoms with E-state index in [0.29, 0.717) is 24.6 Å². The normalized spacial score (nSPS) is 14.3. The summed E-state index contributed by atoms with van der Waals surface area (Å²) in [4.78, 5) is 45.2. The fourth-order valence-corrected chi connectivity index (χ4v) is 4.14. The predicted octanol–water partition coefficient (Wildman–Crippen LogP) is 0.809. The van der Waals surface area contributed by atoms with Crippen LogP contribution in [0.15, 0.2) is 70.6 Å². The van der Waals surface area contributed by atoms with Crippen molar-refractivity contribution in [1.29, 1.82) is 0 Å². The van der Waals surface area contributed by atoms with Crippen molar-refractivity contribution in [3.8, 4) is 0 Å². The monoisotopic (exact) mass is 603 g/mol. The molecule has 0 aromatic heterocycles. The summed E-state index contributed by atoms with van der Waals surface area (Å²) in [5.41, 5.74) is 0.354. The van der Waals surface area contributed by atoms with Gasteiger partial charge in [-0.25, -0.2) is 13.2 Å². The Kier molecular flexibility index (Phi) is 12.5. The van der Waals surface area contributed by atoms with Gasteiger partial charge in [0.05, 0.1) is 17.5 Å². The first-order chi connectivity index (χ1) is 19.3. The second kappa shape index (κ2) is 15.5. The van der Waals surface area contributed by atoms with Crippen molar-refractivity contribution in [1.82, 2.24) is 20.7 Å². The molecule has 1 aliphatic heterocycles. The first-order valence-corrected chi connectivity index (χ1v) is 13.4. The van der Waals surface area contributed by atoms with Gasteiger partial charge >= 0.3 is 18.1 Å². The van der Waals surface area contributed by atoms with Crippen LogP contribution in [0.25, 0.3) is 0 Å². The second-order valence-corrected chi connectivity index (χ2v) is 9.97. The van der Waals surface area contributed by atoms with Crippen molar-refractivity contribution in [2.75, 3.05) is 26.2 Å². The number of rotatable bonds is 11. The Balaban J connectivity index is 0.000000305. The number of aliphatic carboxylic acids is 1. The standard InChI is InChI=1S/C16H16N2O5S.C8H12F3N3O3/c19-15(12-7-3-1-4-8-12)17-11-14(16(20)21)18-24(22,23)13-9-5-2-6-10-13;1-5(14-7-12-2-3-13-7)4-16-17-6(15)8(9,10)11/h1-10,14,18H,11H2,(H,17,19)(H,20,21);5H,2-4H2,1H3,(H2,12,13,14). The summed E-state index contributed by atoms with van der Waals surface area (Å²) in [6.45, 7) is 2.39. The Morgan fingerprint density at radius 2 is 1.68 bits per heavy atom. The molecule has 1 amide bonds. The summed E-state index contributed by atoms with van der Waals surface area (Å²) in [5, 5.41) is 17.3.